The molecule has 1 heterocycles. The molecule has 0 spiro atoms. The molecule has 0 bridgehead atoms. The fourth-order valence-electron chi connectivity index (χ4n) is 2.29. The lowest BCUT2D eigenvalue weighted by atomic mass is 10.1. The van der Waals surface area contributed by atoms with Crippen LogP contribution in [0.4, 0.5) is 0 Å². The van der Waals surface area contributed by atoms with Crippen LogP contribution in [0.5, 0.6) is 11.5 Å². The molecule has 3 rings (SSSR count). The molecule has 1 N–H and O–H groups in total. The first-order valence-corrected chi connectivity index (χ1v) is 7.87. The smallest absolute Gasteiger partial charge is 0.231 e. The molecule has 0 saturated carbocycles. The SMILES string of the molecule is C[C@H](NCc1cc(Cl)c2c(c1)OCO2)c1cccc(Br)c1. The minimum absolute atomic E-state index is 0.236. The van der Waals surface area contributed by atoms with Crippen molar-refractivity contribution in [2.75, 3.05) is 6.79 Å². The topological polar surface area (TPSA) is 30.5 Å². The van der Waals surface area contributed by atoms with Gasteiger partial charge in [-0.25, -0.2) is 0 Å². The third kappa shape index (κ3) is 3.34. The van der Waals surface area contributed by atoms with E-state index in [9.17, 15) is 0 Å². The maximum atomic E-state index is 6.19. The van der Waals surface area contributed by atoms with Crippen molar-refractivity contribution < 1.29 is 9.47 Å². The highest BCUT2D eigenvalue weighted by atomic mass is 79.9. The lowest BCUT2D eigenvalue weighted by molar-refractivity contribution is 0.174. The third-order valence-corrected chi connectivity index (χ3v) is 4.22. The Kier molecular flexibility index (Phi) is 4.38. The van der Waals surface area contributed by atoms with Gasteiger partial charge in [0.15, 0.2) is 11.5 Å². The molecule has 0 radical (unpaired) electrons. The molecule has 0 fully saturated rings. The molecule has 1 atom stereocenters. The van der Waals surface area contributed by atoms with E-state index in [-0.39, 0.29) is 12.8 Å². The van der Waals surface area contributed by atoms with Crippen molar-refractivity contribution in [3.8, 4) is 11.5 Å². The number of fused-ring (bicyclic) bond motifs is 1. The first-order valence-electron chi connectivity index (χ1n) is 6.70. The van der Waals surface area contributed by atoms with Crippen LogP contribution in [0.25, 0.3) is 0 Å². The molecular formula is C16H15BrClNO2. The van der Waals surface area contributed by atoms with Crippen LogP contribution in [0.15, 0.2) is 40.9 Å². The maximum Gasteiger partial charge on any atom is 0.231 e. The van der Waals surface area contributed by atoms with Crippen molar-refractivity contribution >= 4 is 27.5 Å². The van der Waals surface area contributed by atoms with E-state index >= 15 is 0 Å². The Hall–Kier alpha value is -1.23. The minimum Gasteiger partial charge on any atom is -0.454 e. The van der Waals surface area contributed by atoms with E-state index in [0.717, 1.165) is 15.8 Å². The predicted molar refractivity (Wildman–Crippen MR) is 87.0 cm³/mol. The Morgan fingerprint density at radius 1 is 1.29 bits per heavy atom. The second-order valence-electron chi connectivity index (χ2n) is 4.97. The molecule has 3 nitrogen and oxygen atoms in total. The van der Waals surface area contributed by atoms with Crippen molar-refractivity contribution in [3.63, 3.8) is 0 Å². The highest BCUT2D eigenvalue weighted by Gasteiger charge is 2.18. The first kappa shape index (κ1) is 14.7. The Morgan fingerprint density at radius 3 is 2.95 bits per heavy atom. The van der Waals surface area contributed by atoms with Gasteiger partial charge in [-0.1, -0.05) is 39.7 Å². The van der Waals surface area contributed by atoms with Gasteiger partial charge in [0.1, 0.15) is 0 Å². The van der Waals surface area contributed by atoms with Crippen molar-refractivity contribution in [1.82, 2.24) is 5.32 Å². The Morgan fingerprint density at radius 2 is 2.14 bits per heavy atom. The van der Waals surface area contributed by atoms with E-state index in [1.54, 1.807) is 0 Å². The lowest BCUT2D eigenvalue weighted by Gasteiger charge is -2.15. The van der Waals surface area contributed by atoms with Crippen LogP contribution in [0.3, 0.4) is 0 Å². The number of halogens is 2. The molecule has 21 heavy (non-hydrogen) atoms. The molecule has 0 saturated heterocycles. The zero-order valence-electron chi connectivity index (χ0n) is 11.5. The summed E-state index contributed by atoms with van der Waals surface area (Å²) in [6, 6.07) is 12.4. The average molecular weight is 369 g/mol. The zero-order valence-corrected chi connectivity index (χ0v) is 13.9. The number of nitrogens with one attached hydrogen (secondary N) is 1. The summed E-state index contributed by atoms with van der Waals surface area (Å²) >= 11 is 9.68. The summed E-state index contributed by atoms with van der Waals surface area (Å²) in [5.74, 6) is 1.36. The Balaban J connectivity index is 1.69. The van der Waals surface area contributed by atoms with E-state index < -0.39 is 0 Å². The van der Waals surface area contributed by atoms with E-state index in [1.807, 2.05) is 24.3 Å². The first-order chi connectivity index (χ1) is 10.1. The molecule has 0 aromatic heterocycles. The fraction of sp³-hybridized carbons (Fsp3) is 0.250. The van der Waals surface area contributed by atoms with Gasteiger partial charge in [-0.05, 0) is 42.3 Å². The largest absolute Gasteiger partial charge is 0.454 e. The molecule has 2 aromatic carbocycles. The predicted octanol–water partition coefficient (Wildman–Crippen LogP) is 4.68. The van der Waals surface area contributed by atoms with Crippen LogP contribution in [0, 0.1) is 0 Å². The highest BCUT2D eigenvalue weighted by molar-refractivity contribution is 9.10. The summed E-state index contributed by atoms with van der Waals surface area (Å²) in [7, 11) is 0. The van der Waals surface area contributed by atoms with Crippen molar-refractivity contribution in [2.24, 2.45) is 0 Å². The number of ether oxygens (including phenoxy) is 2. The van der Waals surface area contributed by atoms with Crippen LogP contribution in [-0.4, -0.2) is 6.79 Å². The molecule has 110 valence electrons. The average Bonchev–Trinajstić information content (AvgIpc) is 2.93. The second kappa shape index (κ2) is 6.26. The maximum absolute atomic E-state index is 6.19. The van der Waals surface area contributed by atoms with Gasteiger partial charge < -0.3 is 14.8 Å². The zero-order chi connectivity index (χ0) is 14.8. The number of hydrogen-bond donors (Lipinski definition) is 1. The summed E-state index contributed by atoms with van der Waals surface area (Å²) in [4.78, 5) is 0. The fourth-order valence-corrected chi connectivity index (χ4v) is 2.99. The van der Waals surface area contributed by atoms with Crippen molar-refractivity contribution in [2.45, 2.75) is 19.5 Å². The molecule has 0 amide bonds. The third-order valence-electron chi connectivity index (χ3n) is 3.45. The molecule has 1 aliphatic heterocycles. The minimum atomic E-state index is 0.236. The van der Waals surface area contributed by atoms with Crippen LogP contribution in [-0.2, 0) is 6.54 Å². The van der Waals surface area contributed by atoms with Crippen LogP contribution in [0.1, 0.15) is 24.1 Å². The second-order valence-corrected chi connectivity index (χ2v) is 6.29. The van der Waals surface area contributed by atoms with Crippen LogP contribution in [0.2, 0.25) is 5.02 Å². The van der Waals surface area contributed by atoms with Gasteiger partial charge in [-0.3, -0.25) is 0 Å². The summed E-state index contributed by atoms with van der Waals surface area (Å²) in [6.07, 6.45) is 0. The molecule has 1 aliphatic rings. The van der Waals surface area contributed by atoms with Gasteiger partial charge in [0.2, 0.25) is 6.79 Å². The van der Waals surface area contributed by atoms with Crippen molar-refractivity contribution in [1.29, 1.82) is 0 Å². The monoisotopic (exact) mass is 367 g/mol. The van der Waals surface area contributed by atoms with Crippen LogP contribution >= 0.6 is 27.5 Å². The van der Waals surface area contributed by atoms with Gasteiger partial charge >= 0.3 is 0 Å². The molecule has 5 heteroatoms. The summed E-state index contributed by atoms with van der Waals surface area (Å²) < 4.78 is 11.8. The van der Waals surface area contributed by atoms with Gasteiger partial charge in [0, 0.05) is 17.1 Å². The number of hydrogen-bond acceptors (Lipinski definition) is 3. The normalized spacial score (nSPS) is 14.2. The molecule has 0 unspecified atom stereocenters. The number of rotatable bonds is 4. The summed E-state index contributed by atoms with van der Waals surface area (Å²) in [5, 5.41) is 4.08. The van der Waals surface area contributed by atoms with Crippen molar-refractivity contribution in [3.05, 3.63) is 57.0 Å². The van der Waals surface area contributed by atoms with Gasteiger partial charge in [-0.15, -0.1) is 0 Å². The summed E-state index contributed by atoms with van der Waals surface area (Å²) in [6.45, 7) is 3.08. The van der Waals surface area contributed by atoms with E-state index in [4.69, 9.17) is 21.1 Å². The quantitative estimate of drug-likeness (QED) is 0.850. The Labute approximate surface area is 137 Å². The number of benzene rings is 2. The van der Waals surface area contributed by atoms with Gasteiger partial charge in [-0.2, -0.15) is 0 Å². The molecule has 0 aliphatic carbocycles. The standard InChI is InChI=1S/C16H15BrClNO2/c1-10(12-3-2-4-13(17)7-12)19-8-11-5-14(18)16-15(6-11)20-9-21-16/h2-7,10,19H,8-9H2,1H3/t10-/m0/s1. The van der Waals surface area contributed by atoms with E-state index in [2.05, 4.69) is 40.3 Å². The highest BCUT2D eigenvalue weighted by Crippen LogP contribution is 2.39. The summed E-state index contributed by atoms with van der Waals surface area (Å²) in [5.41, 5.74) is 2.31. The van der Waals surface area contributed by atoms with Gasteiger partial charge in [0.05, 0.1) is 5.02 Å². The van der Waals surface area contributed by atoms with Crippen LogP contribution < -0.4 is 14.8 Å². The lowest BCUT2D eigenvalue weighted by Crippen LogP contribution is -2.18. The van der Waals surface area contributed by atoms with E-state index in [1.165, 1.54) is 5.56 Å². The van der Waals surface area contributed by atoms with E-state index in [0.29, 0.717) is 17.3 Å². The molecular weight excluding hydrogens is 354 g/mol. The van der Waals surface area contributed by atoms with Gasteiger partial charge in [0.25, 0.3) is 0 Å². The molecule has 2 aromatic rings. The Bertz CT molecular complexity index is 663.